The zero-order valence-corrected chi connectivity index (χ0v) is 12.6. The molecule has 2 nitrogen and oxygen atoms in total. The summed E-state index contributed by atoms with van der Waals surface area (Å²) in [7, 11) is 0. The minimum absolute atomic E-state index is 0.171. The van der Waals surface area contributed by atoms with Crippen molar-refractivity contribution in [1.29, 1.82) is 0 Å². The second kappa shape index (κ2) is 6.53. The molecule has 0 amide bonds. The van der Waals surface area contributed by atoms with Crippen LogP contribution in [0.25, 0.3) is 10.1 Å². The smallest absolute Gasteiger partial charge is 0.0684 e. The van der Waals surface area contributed by atoms with E-state index in [9.17, 15) is 0 Å². The SMILES string of the molecule is NNC(/C1=C/CCCCCC1)c1csc2ccccc12. The summed E-state index contributed by atoms with van der Waals surface area (Å²) in [6.45, 7) is 0. The molecule has 106 valence electrons. The summed E-state index contributed by atoms with van der Waals surface area (Å²) in [6.07, 6.45) is 10.1. The van der Waals surface area contributed by atoms with Crippen LogP contribution < -0.4 is 11.3 Å². The number of nitrogens with one attached hydrogen (secondary N) is 1. The standard InChI is InChI=1S/C17H22N2S/c18-19-17(13-8-4-2-1-3-5-9-13)15-12-20-16-11-7-6-10-14(15)16/h6-8,10-12,17,19H,1-5,9,18H2/b13-8+. The number of hydrogen-bond donors (Lipinski definition) is 2. The minimum atomic E-state index is 0.171. The predicted octanol–water partition coefficient (Wildman–Crippen LogP) is 4.69. The van der Waals surface area contributed by atoms with Crippen LogP contribution in [-0.2, 0) is 0 Å². The molecule has 0 bridgehead atoms. The van der Waals surface area contributed by atoms with Crippen LogP contribution in [0, 0.1) is 0 Å². The summed E-state index contributed by atoms with van der Waals surface area (Å²) in [5.74, 6) is 5.89. The van der Waals surface area contributed by atoms with Crippen molar-refractivity contribution in [2.24, 2.45) is 5.84 Å². The first-order valence-corrected chi connectivity index (χ1v) is 8.39. The number of rotatable bonds is 3. The number of fused-ring (bicyclic) bond motifs is 1. The Hall–Kier alpha value is -1.16. The summed E-state index contributed by atoms with van der Waals surface area (Å²) in [5.41, 5.74) is 5.85. The van der Waals surface area contributed by atoms with Crippen LogP contribution in [0.15, 0.2) is 41.3 Å². The van der Waals surface area contributed by atoms with Crippen molar-refractivity contribution in [3.8, 4) is 0 Å². The number of benzene rings is 1. The van der Waals surface area contributed by atoms with Gasteiger partial charge in [-0.25, -0.2) is 5.43 Å². The first kappa shape index (κ1) is 13.8. The molecule has 0 radical (unpaired) electrons. The lowest BCUT2D eigenvalue weighted by Gasteiger charge is -2.21. The van der Waals surface area contributed by atoms with Gasteiger partial charge in [-0.05, 0) is 48.1 Å². The van der Waals surface area contributed by atoms with Crippen LogP contribution in [0.4, 0.5) is 0 Å². The Bertz CT molecular complexity index is 600. The second-order valence-electron chi connectivity index (χ2n) is 5.52. The van der Waals surface area contributed by atoms with E-state index in [4.69, 9.17) is 5.84 Å². The molecule has 2 aromatic rings. The van der Waals surface area contributed by atoms with E-state index in [1.807, 2.05) is 11.3 Å². The number of nitrogens with two attached hydrogens (primary N) is 1. The molecule has 1 heterocycles. The fourth-order valence-electron chi connectivity index (χ4n) is 3.10. The van der Waals surface area contributed by atoms with Gasteiger partial charge in [-0.1, -0.05) is 42.7 Å². The molecule has 1 aliphatic carbocycles. The molecule has 1 aromatic carbocycles. The van der Waals surface area contributed by atoms with Crippen molar-refractivity contribution >= 4 is 21.4 Å². The van der Waals surface area contributed by atoms with Gasteiger partial charge in [0.25, 0.3) is 0 Å². The largest absolute Gasteiger partial charge is 0.271 e. The van der Waals surface area contributed by atoms with Crippen LogP contribution >= 0.6 is 11.3 Å². The van der Waals surface area contributed by atoms with Crippen molar-refractivity contribution in [2.75, 3.05) is 0 Å². The number of thiophene rings is 1. The molecule has 3 heteroatoms. The minimum Gasteiger partial charge on any atom is -0.271 e. The Morgan fingerprint density at radius 3 is 2.85 bits per heavy atom. The zero-order valence-electron chi connectivity index (χ0n) is 11.8. The van der Waals surface area contributed by atoms with Gasteiger partial charge in [0, 0.05) is 4.70 Å². The van der Waals surface area contributed by atoms with Crippen molar-refractivity contribution < 1.29 is 0 Å². The molecule has 3 N–H and O–H groups in total. The Labute approximate surface area is 124 Å². The third kappa shape index (κ3) is 2.80. The van der Waals surface area contributed by atoms with Crippen LogP contribution in [0.2, 0.25) is 0 Å². The van der Waals surface area contributed by atoms with Gasteiger partial charge in [-0.3, -0.25) is 5.84 Å². The summed E-state index contributed by atoms with van der Waals surface area (Å²) < 4.78 is 1.34. The van der Waals surface area contributed by atoms with Gasteiger partial charge in [-0.2, -0.15) is 0 Å². The van der Waals surface area contributed by atoms with Crippen molar-refractivity contribution in [3.05, 3.63) is 46.9 Å². The quantitative estimate of drug-likeness (QED) is 0.488. The second-order valence-corrected chi connectivity index (χ2v) is 6.43. The van der Waals surface area contributed by atoms with Crippen LogP contribution in [-0.4, -0.2) is 0 Å². The maximum absolute atomic E-state index is 5.89. The van der Waals surface area contributed by atoms with Crippen molar-refractivity contribution in [1.82, 2.24) is 5.43 Å². The highest BCUT2D eigenvalue weighted by Crippen LogP contribution is 2.35. The lowest BCUT2D eigenvalue weighted by atomic mass is 9.91. The molecule has 20 heavy (non-hydrogen) atoms. The molecule has 1 aromatic heterocycles. The van der Waals surface area contributed by atoms with Gasteiger partial charge in [0.2, 0.25) is 0 Å². The molecule has 0 spiro atoms. The normalized spacial score (nSPS) is 20.9. The van der Waals surface area contributed by atoms with E-state index in [0.29, 0.717) is 0 Å². The fourth-order valence-corrected chi connectivity index (χ4v) is 4.08. The highest BCUT2D eigenvalue weighted by atomic mass is 32.1. The van der Waals surface area contributed by atoms with Gasteiger partial charge in [0.15, 0.2) is 0 Å². The van der Waals surface area contributed by atoms with Crippen LogP contribution in [0.1, 0.15) is 50.1 Å². The number of allylic oxidation sites excluding steroid dienone is 1. The highest BCUT2D eigenvalue weighted by molar-refractivity contribution is 7.17. The van der Waals surface area contributed by atoms with E-state index in [-0.39, 0.29) is 6.04 Å². The Morgan fingerprint density at radius 1 is 1.10 bits per heavy atom. The third-order valence-electron chi connectivity index (χ3n) is 4.19. The molecular weight excluding hydrogens is 264 g/mol. The van der Waals surface area contributed by atoms with Gasteiger partial charge in [0.1, 0.15) is 0 Å². The monoisotopic (exact) mass is 286 g/mol. The van der Waals surface area contributed by atoms with E-state index in [2.05, 4.69) is 41.1 Å². The first-order valence-electron chi connectivity index (χ1n) is 7.51. The van der Waals surface area contributed by atoms with E-state index in [1.54, 1.807) is 0 Å². The summed E-state index contributed by atoms with van der Waals surface area (Å²) in [5, 5.41) is 3.60. The summed E-state index contributed by atoms with van der Waals surface area (Å²) in [6, 6.07) is 8.77. The summed E-state index contributed by atoms with van der Waals surface area (Å²) in [4.78, 5) is 0. The highest BCUT2D eigenvalue weighted by Gasteiger charge is 2.19. The van der Waals surface area contributed by atoms with E-state index in [0.717, 1.165) is 0 Å². The average Bonchev–Trinajstić information content (AvgIpc) is 2.86. The molecule has 3 rings (SSSR count). The van der Waals surface area contributed by atoms with Gasteiger partial charge in [0.05, 0.1) is 6.04 Å². The molecule has 0 saturated carbocycles. The predicted molar refractivity (Wildman–Crippen MR) is 87.7 cm³/mol. The van der Waals surface area contributed by atoms with Gasteiger partial charge >= 0.3 is 0 Å². The lowest BCUT2D eigenvalue weighted by Crippen LogP contribution is -2.29. The molecule has 0 aliphatic heterocycles. The average molecular weight is 286 g/mol. The molecule has 0 saturated heterocycles. The molecular formula is C17H22N2S. The molecule has 1 aliphatic rings. The third-order valence-corrected chi connectivity index (χ3v) is 5.17. The Kier molecular flexibility index (Phi) is 4.51. The zero-order chi connectivity index (χ0) is 13.8. The van der Waals surface area contributed by atoms with Crippen molar-refractivity contribution in [3.63, 3.8) is 0 Å². The van der Waals surface area contributed by atoms with Crippen molar-refractivity contribution in [2.45, 2.75) is 44.6 Å². The van der Waals surface area contributed by atoms with Gasteiger partial charge < -0.3 is 0 Å². The fraction of sp³-hybridized carbons (Fsp3) is 0.412. The molecule has 1 atom stereocenters. The maximum Gasteiger partial charge on any atom is 0.0684 e. The van der Waals surface area contributed by atoms with E-state index < -0.39 is 0 Å². The maximum atomic E-state index is 5.89. The molecule has 1 unspecified atom stereocenters. The van der Waals surface area contributed by atoms with E-state index >= 15 is 0 Å². The van der Waals surface area contributed by atoms with Crippen LogP contribution in [0.3, 0.4) is 0 Å². The lowest BCUT2D eigenvalue weighted by molar-refractivity contribution is 0.558. The summed E-state index contributed by atoms with van der Waals surface area (Å²) >= 11 is 1.81. The number of hydrogen-bond acceptors (Lipinski definition) is 3. The topological polar surface area (TPSA) is 38.0 Å². The van der Waals surface area contributed by atoms with Crippen LogP contribution in [0.5, 0.6) is 0 Å². The Balaban J connectivity index is 1.96. The van der Waals surface area contributed by atoms with Gasteiger partial charge in [-0.15, -0.1) is 11.3 Å². The van der Waals surface area contributed by atoms with E-state index in [1.165, 1.54) is 59.7 Å². The number of hydrazine groups is 1. The Morgan fingerprint density at radius 2 is 1.95 bits per heavy atom. The first-order chi connectivity index (χ1) is 9.90. The molecule has 0 fully saturated rings.